The normalized spacial score (nSPS) is 13.7. The van der Waals surface area contributed by atoms with Gasteiger partial charge in [-0.1, -0.05) is 20.8 Å². The van der Waals surface area contributed by atoms with Gasteiger partial charge in [0.25, 0.3) is 0 Å². The summed E-state index contributed by atoms with van der Waals surface area (Å²) in [5.74, 6) is 1.10. The van der Waals surface area contributed by atoms with Crippen molar-refractivity contribution in [1.29, 1.82) is 0 Å². The number of hydrogen-bond acceptors (Lipinski definition) is 2. The molecule has 0 radical (unpaired) electrons. The topological polar surface area (TPSA) is 50.4 Å². The molecule has 0 unspecified atom stereocenters. The number of hydrogen-bond donors (Lipinski definition) is 2. The van der Waals surface area contributed by atoms with E-state index < -0.39 is 0 Å². The van der Waals surface area contributed by atoms with Crippen LogP contribution in [-0.2, 0) is 0 Å². The Kier molecular flexibility index (Phi) is 5.62. The third kappa shape index (κ3) is 5.07. The first-order chi connectivity index (χ1) is 5.57. The average Bonchev–Trinajstić information content (AvgIpc) is 1.96. The molecule has 0 bridgehead atoms. The fraction of sp³-hybridized carbons (Fsp3) is 0.750. The van der Waals surface area contributed by atoms with Gasteiger partial charge in [0.05, 0.1) is 0 Å². The lowest BCUT2D eigenvalue weighted by Crippen LogP contribution is -2.25. The highest BCUT2D eigenvalue weighted by Crippen LogP contribution is 2.11. The van der Waals surface area contributed by atoms with Crippen LogP contribution in [0.3, 0.4) is 0 Å². The van der Waals surface area contributed by atoms with Crippen LogP contribution in [0.1, 0.15) is 27.2 Å². The fourth-order valence-corrected chi connectivity index (χ4v) is 0.998. The van der Waals surface area contributed by atoms with Crippen molar-refractivity contribution in [3.05, 3.63) is 0 Å². The van der Waals surface area contributed by atoms with Gasteiger partial charge in [-0.05, 0) is 30.5 Å². The van der Waals surface area contributed by atoms with Crippen molar-refractivity contribution in [3.8, 4) is 0 Å². The Morgan fingerprint density at radius 2 is 2.25 bits per heavy atom. The quantitative estimate of drug-likeness (QED) is 0.398. The number of rotatable bonds is 4. The molecule has 0 saturated heterocycles. The van der Waals surface area contributed by atoms with E-state index in [2.05, 4.69) is 43.5 Å². The molecule has 1 atom stereocenters. The number of nitrogens with one attached hydrogen (secondary N) is 1. The maximum atomic E-state index is 5.20. The number of nitrogens with zero attached hydrogens (tertiary/aromatic N) is 1. The highest BCUT2D eigenvalue weighted by molar-refractivity contribution is 7.80. The van der Waals surface area contributed by atoms with E-state index in [0.29, 0.717) is 11.8 Å². The molecule has 0 spiro atoms. The van der Waals surface area contributed by atoms with E-state index in [0.717, 1.165) is 6.42 Å². The monoisotopic (exact) mass is 187 g/mol. The third-order valence-corrected chi connectivity index (χ3v) is 1.86. The van der Waals surface area contributed by atoms with Gasteiger partial charge >= 0.3 is 0 Å². The predicted molar refractivity (Wildman–Crippen MR) is 57.0 cm³/mol. The van der Waals surface area contributed by atoms with Gasteiger partial charge in [-0.2, -0.15) is 5.10 Å². The number of hydrazone groups is 1. The van der Waals surface area contributed by atoms with E-state index in [1.165, 1.54) is 0 Å². The van der Waals surface area contributed by atoms with E-state index in [9.17, 15) is 0 Å². The summed E-state index contributed by atoms with van der Waals surface area (Å²) in [4.78, 5) is 0. The second-order valence-electron chi connectivity index (χ2n) is 3.07. The summed E-state index contributed by atoms with van der Waals surface area (Å²) in [5, 5.41) is 4.13. The van der Waals surface area contributed by atoms with Crippen molar-refractivity contribution in [2.45, 2.75) is 27.2 Å². The second-order valence-corrected chi connectivity index (χ2v) is 3.51. The molecule has 0 aliphatic heterocycles. The van der Waals surface area contributed by atoms with Crippen LogP contribution in [0, 0.1) is 11.8 Å². The van der Waals surface area contributed by atoms with Crippen LogP contribution in [0.25, 0.3) is 0 Å². The minimum absolute atomic E-state index is 0.213. The highest BCUT2D eigenvalue weighted by atomic mass is 32.1. The molecular formula is C8H17N3S. The zero-order valence-electron chi connectivity index (χ0n) is 7.87. The molecular weight excluding hydrogens is 170 g/mol. The van der Waals surface area contributed by atoms with Gasteiger partial charge in [-0.3, -0.25) is 5.43 Å². The van der Waals surface area contributed by atoms with E-state index in [1.54, 1.807) is 0 Å². The highest BCUT2D eigenvalue weighted by Gasteiger charge is 2.06. The zero-order chi connectivity index (χ0) is 9.56. The van der Waals surface area contributed by atoms with E-state index in [1.807, 2.05) is 6.21 Å². The maximum Gasteiger partial charge on any atom is 0.184 e. The summed E-state index contributed by atoms with van der Waals surface area (Å²) >= 11 is 4.60. The molecule has 0 amide bonds. The average molecular weight is 187 g/mol. The molecule has 0 aliphatic carbocycles. The van der Waals surface area contributed by atoms with Crippen molar-refractivity contribution in [1.82, 2.24) is 5.43 Å². The molecule has 3 nitrogen and oxygen atoms in total. The molecule has 0 rings (SSSR count). The van der Waals surface area contributed by atoms with Crippen LogP contribution in [0.2, 0.25) is 0 Å². The number of nitrogens with two attached hydrogens (primary N) is 1. The zero-order valence-corrected chi connectivity index (χ0v) is 8.69. The molecule has 0 aliphatic rings. The fourth-order valence-electron chi connectivity index (χ4n) is 0.946. The molecule has 0 saturated carbocycles. The van der Waals surface area contributed by atoms with Crippen molar-refractivity contribution >= 4 is 23.5 Å². The summed E-state index contributed by atoms with van der Waals surface area (Å²) in [6.45, 7) is 6.47. The largest absolute Gasteiger partial charge is 0.375 e. The van der Waals surface area contributed by atoms with Gasteiger partial charge in [0.1, 0.15) is 0 Å². The molecule has 0 aromatic carbocycles. The first-order valence-corrected chi connectivity index (χ1v) is 4.57. The van der Waals surface area contributed by atoms with E-state index in [-0.39, 0.29) is 5.11 Å². The predicted octanol–water partition coefficient (Wildman–Crippen LogP) is 1.49. The minimum atomic E-state index is 0.213. The van der Waals surface area contributed by atoms with Crippen molar-refractivity contribution in [2.75, 3.05) is 0 Å². The summed E-state index contributed by atoms with van der Waals surface area (Å²) in [7, 11) is 0. The third-order valence-electron chi connectivity index (χ3n) is 1.77. The second kappa shape index (κ2) is 5.94. The van der Waals surface area contributed by atoms with E-state index in [4.69, 9.17) is 5.73 Å². The van der Waals surface area contributed by atoms with Crippen LogP contribution in [-0.4, -0.2) is 11.3 Å². The van der Waals surface area contributed by atoms with Gasteiger partial charge in [-0.15, -0.1) is 0 Å². The van der Waals surface area contributed by atoms with Crippen LogP contribution < -0.4 is 11.2 Å². The Balaban J connectivity index is 3.84. The van der Waals surface area contributed by atoms with Gasteiger partial charge in [0.2, 0.25) is 0 Å². The lowest BCUT2D eigenvalue weighted by atomic mass is 9.95. The van der Waals surface area contributed by atoms with Crippen molar-refractivity contribution in [2.24, 2.45) is 22.7 Å². The Hall–Kier alpha value is -0.640. The van der Waals surface area contributed by atoms with E-state index >= 15 is 0 Å². The molecule has 0 aromatic rings. The smallest absolute Gasteiger partial charge is 0.184 e. The van der Waals surface area contributed by atoms with Crippen LogP contribution in [0.15, 0.2) is 5.10 Å². The Labute approximate surface area is 79.4 Å². The Bertz CT molecular complexity index is 166. The lowest BCUT2D eigenvalue weighted by molar-refractivity contribution is 0.487. The molecule has 4 heteroatoms. The van der Waals surface area contributed by atoms with Crippen LogP contribution in [0.4, 0.5) is 0 Å². The van der Waals surface area contributed by atoms with Crippen molar-refractivity contribution < 1.29 is 0 Å². The Morgan fingerprint density at radius 3 is 2.58 bits per heavy atom. The molecule has 0 fully saturated rings. The SMILES string of the molecule is CC[C@@H](/C=N/NC(N)=S)C(C)C. The lowest BCUT2D eigenvalue weighted by Gasteiger charge is -2.12. The standard InChI is InChI=1S/C8H17N3S/c1-4-7(6(2)3)5-10-11-8(9)12/h5-7H,4H2,1-3H3,(H3,9,11,12)/b10-5+/t7-/m0/s1. The summed E-state index contributed by atoms with van der Waals surface area (Å²) in [6, 6.07) is 0. The molecule has 0 heterocycles. The van der Waals surface area contributed by atoms with Gasteiger partial charge in [0.15, 0.2) is 5.11 Å². The van der Waals surface area contributed by atoms with Crippen LogP contribution >= 0.6 is 12.2 Å². The number of thiocarbonyl (C=S) groups is 1. The van der Waals surface area contributed by atoms with Crippen molar-refractivity contribution in [3.63, 3.8) is 0 Å². The summed E-state index contributed by atoms with van der Waals surface area (Å²) in [6.07, 6.45) is 2.95. The minimum Gasteiger partial charge on any atom is -0.375 e. The molecule has 3 N–H and O–H groups in total. The summed E-state index contributed by atoms with van der Waals surface area (Å²) in [5.41, 5.74) is 7.75. The first kappa shape index (κ1) is 11.4. The first-order valence-electron chi connectivity index (χ1n) is 4.16. The van der Waals surface area contributed by atoms with Gasteiger partial charge < -0.3 is 5.73 Å². The van der Waals surface area contributed by atoms with Crippen LogP contribution in [0.5, 0.6) is 0 Å². The maximum absolute atomic E-state index is 5.20. The molecule has 0 aromatic heterocycles. The molecule has 70 valence electrons. The Morgan fingerprint density at radius 1 is 1.67 bits per heavy atom. The molecule has 12 heavy (non-hydrogen) atoms. The summed E-state index contributed by atoms with van der Waals surface area (Å²) < 4.78 is 0. The van der Waals surface area contributed by atoms with Gasteiger partial charge in [-0.25, -0.2) is 0 Å². The van der Waals surface area contributed by atoms with Gasteiger partial charge in [0, 0.05) is 6.21 Å².